The molecule has 0 fully saturated rings. The van der Waals surface area contributed by atoms with Crippen LogP contribution in [-0.2, 0) is 9.22 Å². The average Bonchev–Trinajstić information content (AvgIpc) is 2.25. The molecule has 17 heavy (non-hydrogen) atoms. The third-order valence-corrected chi connectivity index (χ3v) is 2.75. The van der Waals surface area contributed by atoms with Crippen LogP contribution < -0.4 is 4.74 Å². The Balaban J connectivity index is 2.61. The van der Waals surface area contributed by atoms with Crippen molar-refractivity contribution < 1.29 is 14.0 Å². The van der Waals surface area contributed by atoms with E-state index in [1.165, 1.54) is 6.08 Å². The topological polar surface area (TPSA) is 35.5 Å². The Morgan fingerprint density at radius 2 is 1.76 bits per heavy atom. The molecule has 4 heteroatoms. The molecular weight excluding hydrogens is 232 g/mol. The predicted molar refractivity (Wildman–Crippen MR) is 71.5 cm³/mol. The number of benzene rings is 1. The minimum atomic E-state index is -1.79. The van der Waals surface area contributed by atoms with Gasteiger partial charge in [0.05, 0.1) is 7.11 Å². The van der Waals surface area contributed by atoms with E-state index in [-0.39, 0.29) is 5.97 Å². The lowest BCUT2D eigenvalue weighted by molar-refractivity contribution is -0.129. The molecule has 0 atom stereocenters. The van der Waals surface area contributed by atoms with Gasteiger partial charge in [0.1, 0.15) is 5.75 Å². The van der Waals surface area contributed by atoms with Crippen molar-refractivity contribution in [2.75, 3.05) is 7.11 Å². The summed E-state index contributed by atoms with van der Waals surface area (Å²) in [5.41, 5.74) is 0.943. The van der Waals surface area contributed by atoms with Crippen molar-refractivity contribution in [3.63, 3.8) is 0 Å². The van der Waals surface area contributed by atoms with Crippen LogP contribution in [0.15, 0.2) is 30.3 Å². The number of rotatable bonds is 4. The lowest BCUT2D eigenvalue weighted by Crippen LogP contribution is -2.28. The summed E-state index contributed by atoms with van der Waals surface area (Å²) >= 11 is 0. The molecule has 0 aliphatic heterocycles. The smallest absolute Gasteiger partial charge is 0.317 e. The molecule has 0 aromatic heterocycles. The fourth-order valence-electron chi connectivity index (χ4n) is 1.22. The molecule has 0 spiro atoms. The van der Waals surface area contributed by atoms with Gasteiger partial charge in [-0.2, -0.15) is 0 Å². The number of ether oxygens (including phenoxy) is 1. The molecule has 0 aliphatic rings. The maximum Gasteiger partial charge on any atom is 0.317 e. The van der Waals surface area contributed by atoms with Crippen molar-refractivity contribution in [1.29, 1.82) is 0 Å². The van der Waals surface area contributed by atoms with Gasteiger partial charge in [0, 0.05) is 6.08 Å². The molecule has 0 bridgehead atoms. The van der Waals surface area contributed by atoms with E-state index in [4.69, 9.17) is 9.16 Å². The molecule has 0 aliphatic carbocycles. The third-order valence-electron chi connectivity index (χ3n) is 1.93. The Hall–Kier alpha value is -1.55. The summed E-state index contributed by atoms with van der Waals surface area (Å²) in [5, 5.41) is 0. The highest BCUT2D eigenvalue weighted by Crippen LogP contribution is 2.12. The van der Waals surface area contributed by atoms with Gasteiger partial charge in [0.15, 0.2) is 0 Å². The molecule has 0 radical (unpaired) electrons. The standard InChI is InChI=1S/C13H18O3Si/c1-15-12-8-5-11(6-9-12)7-10-13(14)16-17(2,3)4/h5-10H,1-4H3. The SMILES string of the molecule is COc1ccc(C=CC(=O)O[Si](C)(C)C)cc1. The maximum atomic E-state index is 11.5. The highest BCUT2D eigenvalue weighted by Gasteiger charge is 2.17. The van der Waals surface area contributed by atoms with Crippen LogP contribution in [0, 0.1) is 0 Å². The zero-order valence-electron chi connectivity index (χ0n) is 10.7. The number of hydrogen-bond donors (Lipinski definition) is 0. The molecule has 1 aromatic rings. The summed E-state index contributed by atoms with van der Waals surface area (Å²) in [5.74, 6) is 0.520. The molecule has 0 saturated carbocycles. The fraction of sp³-hybridized carbons (Fsp3) is 0.308. The zero-order valence-corrected chi connectivity index (χ0v) is 11.7. The van der Waals surface area contributed by atoms with E-state index in [9.17, 15) is 4.79 Å². The van der Waals surface area contributed by atoms with Crippen LogP contribution in [0.5, 0.6) is 5.75 Å². The van der Waals surface area contributed by atoms with E-state index in [2.05, 4.69) is 0 Å². The number of methoxy groups -OCH3 is 1. The summed E-state index contributed by atoms with van der Waals surface area (Å²) in [6.45, 7) is 5.93. The monoisotopic (exact) mass is 250 g/mol. The summed E-state index contributed by atoms with van der Waals surface area (Å²) < 4.78 is 10.3. The van der Waals surface area contributed by atoms with Crippen LogP contribution in [0.4, 0.5) is 0 Å². The van der Waals surface area contributed by atoms with Gasteiger partial charge in [-0.3, -0.25) is 0 Å². The Morgan fingerprint density at radius 3 is 2.24 bits per heavy atom. The molecule has 1 rings (SSSR count). The Morgan fingerprint density at radius 1 is 1.18 bits per heavy atom. The first-order valence-corrected chi connectivity index (χ1v) is 8.87. The fourth-order valence-corrected chi connectivity index (χ4v) is 1.89. The Labute approximate surface area is 103 Å². The van der Waals surface area contributed by atoms with Crippen LogP contribution in [0.25, 0.3) is 6.08 Å². The first-order valence-electron chi connectivity index (χ1n) is 5.46. The molecular formula is C13H18O3Si. The molecule has 0 saturated heterocycles. The van der Waals surface area contributed by atoms with E-state index in [0.717, 1.165) is 11.3 Å². The normalized spacial score (nSPS) is 11.5. The maximum absolute atomic E-state index is 11.5. The highest BCUT2D eigenvalue weighted by molar-refractivity contribution is 6.71. The van der Waals surface area contributed by atoms with Crippen molar-refractivity contribution in [2.45, 2.75) is 19.6 Å². The quantitative estimate of drug-likeness (QED) is 0.608. The van der Waals surface area contributed by atoms with Crippen molar-refractivity contribution in [3.8, 4) is 5.75 Å². The molecule has 0 amide bonds. The molecule has 1 aromatic carbocycles. The second-order valence-corrected chi connectivity index (χ2v) is 9.07. The van der Waals surface area contributed by atoms with E-state index in [1.807, 2.05) is 43.9 Å². The van der Waals surface area contributed by atoms with E-state index >= 15 is 0 Å². The first-order chi connectivity index (χ1) is 7.90. The zero-order chi connectivity index (χ0) is 12.9. The van der Waals surface area contributed by atoms with Crippen molar-refractivity contribution >= 4 is 20.4 Å². The second kappa shape index (κ2) is 5.68. The summed E-state index contributed by atoms with van der Waals surface area (Å²) in [6, 6.07) is 7.47. The van der Waals surface area contributed by atoms with E-state index < -0.39 is 8.32 Å². The lowest BCUT2D eigenvalue weighted by Gasteiger charge is -2.15. The largest absolute Gasteiger partial charge is 0.517 e. The number of carbonyl (C=O) groups excluding carboxylic acids is 1. The van der Waals surface area contributed by atoms with Crippen LogP contribution >= 0.6 is 0 Å². The Kier molecular flexibility index (Phi) is 4.51. The van der Waals surface area contributed by atoms with Gasteiger partial charge in [-0.05, 0) is 43.4 Å². The molecule has 0 unspecified atom stereocenters. The van der Waals surface area contributed by atoms with Crippen LogP contribution in [0.1, 0.15) is 5.56 Å². The minimum absolute atomic E-state index is 0.278. The van der Waals surface area contributed by atoms with Crippen LogP contribution in [0.2, 0.25) is 19.6 Å². The summed E-state index contributed by atoms with van der Waals surface area (Å²) in [6.07, 6.45) is 3.20. The van der Waals surface area contributed by atoms with E-state index in [1.54, 1.807) is 13.2 Å². The minimum Gasteiger partial charge on any atom is -0.517 e. The van der Waals surface area contributed by atoms with Gasteiger partial charge in [-0.25, -0.2) is 4.79 Å². The third kappa shape index (κ3) is 5.35. The number of hydrogen-bond acceptors (Lipinski definition) is 3. The number of carbonyl (C=O) groups is 1. The average molecular weight is 250 g/mol. The molecule has 3 nitrogen and oxygen atoms in total. The predicted octanol–water partition coefficient (Wildman–Crippen LogP) is 3.09. The van der Waals surface area contributed by atoms with Gasteiger partial charge in [-0.15, -0.1) is 0 Å². The van der Waals surface area contributed by atoms with Crippen molar-refractivity contribution in [1.82, 2.24) is 0 Å². The first kappa shape index (κ1) is 13.5. The molecule has 0 heterocycles. The van der Waals surface area contributed by atoms with Crippen LogP contribution in [-0.4, -0.2) is 21.4 Å². The Bertz CT molecular complexity index is 402. The van der Waals surface area contributed by atoms with Gasteiger partial charge in [-0.1, -0.05) is 12.1 Å². The summed E-state index contributed by atoms with van der Waals surface area (Å²) in [7, 11) is -0.173. The second-order valence-electron chi connectivity index (χ2n) is 4.64. The highest BCUT2D eigenvalue weighted by atomic mass is 28.4. The van der Waals surface area contributed by atoms with Gasteiger partial charge in [0.25, 0.3) is 0 Å². The van der Waals surface area contributed by atoms with Crippen molar-refractivity contribution in [3.05, 3.63) is 35.9 Å². The molecule has 92 valence electrons. The van der Waals surface area contributed by atoms with Gasteiger partial charge >= 0.3 is 5.97 Å². The summed E-state index contributed by atoms with van der Waals surface area (Å²) in [4.78, 5) is 11.5. The van der Waals surface area contributed by atoms with Crippen LogP contribution in [0.3, 0.4) is 0 Å². The van der Waals surface area contributed by atoms with Crippen molar-refractivity contribution in [2.24, 2.45) is 0 Å². The van der Waals surface area contributed by atoms with E-state index in [0.29, 0.717) is 0 Å². The lowest BCUT2D eigenvalue weighted by atomic mass is 10.2. The van der Waals surface area contributed by atoms with Gasteiger partial charge < -0.3 is 9.16 Å². The van der Waals surface area contributed by atoms with Gasteiger partial charge in [0.2, 0.25) is 8.32 Å². The molecule has 0 N–H and O–H groups in total.